The summed E-state index contributed by atoms with van der Waals surface area (Å²) in [5.74, 6) is 0. The third-order valence-corrected chi connectivity index (χ3v) is 5.16. The Morgan fingerprint density at radius 3 is 2.52 bits per heavy atom. The van der Waals surface area contributed by atoms with Crippen LogP contribution >= 0.6 is 11.6 Å². The topological polar surface area (TPSA) is 39.9 Å². The fourth-order valence-corrected chi connectivity index (χ4v) is 3.73. The van der Waals surface area contributed by atoms with Crippen molar-refractivity contribution in [2.45, 2.75) is 19.3 Å². The molecule has 0 atom stereocenters. The smallest absolute Gasteiger partial charge is 0.147 e. The summed E-state index contributed by atoms with van der Waals surface area (Å²) in [6.45, 7) is 2.29. The number of hydrogen-bond donors (Lipinski definition) is 0. The number of anilines is 1. The second-order valence-electron chi connectivity index (χ2n) is 6.43. The molecular weight excluding hydrogens is 330 g/mol. The molecule has 0 aliphatic carbocycles. The fourth-order valence-electron chi connectivity index (χ4n) is 3.53. The van der Waals surface area contributed by atoms with Crippen molar-refractivity contribution in [3.63, 3.8) is 0 Å². The number of piperidine rings is 1. The third-order valence-electron chi connectivity index (χ3n) is 4.87. The average Bonchev–Trinajstić information content (AvgIpc) is 2.67. The zero-order valence-corrected chi connectivity index (χ0v) is 14.6. The first kappa shape index (κ1) is 15.9. The van der Waals surface area contributed by atoms with Crippen molar-refractivity contribution >= 4 is 28.1 Å². The molecule has 1 aromatic heterocycles. The molecule has 3 nitrogen and oxygen atoms in total. The molecule has 0 saturated carbocycles. The van der Waals surface area contributed by atoms with E-state index in [2.05, 4.69) is 52.4 Å². The number of fused-ring (bicyclic) bond motifs is 1. The fraction of sp³-hybridized carbons (Fsp3) is 0.238. The number of rotatable bonds is 2. The molecule has 4 rings (SSSR count). The van der Waals surface area contributed by atoms with Crippen LogP contribution in [0.3, 0.4) is 0 Å². The van der Waals surface area contributed by atoms with E-state index in [0.717, 1.165) is 29.6 Å². The number of nitrogens with zero attached hydrogens (tertiary/aromatic N) is 3. The second-order valence-corrected chi connectivity index (χ2v) is 6.79. The lowest BCUT2D eigenvalue weighted by atomic mass is 9.98. The normalized spacial score (nSPS) is 14.5. The lowest BCUT2D eigenvalue weighted by molar-refractivity contribution is 0.578. The molecule has 1 aliphatic heterocycles. The maximum absolute atomic E-state index is 9.37. The highest BCUT2D eigenvalue weighted by Crippen LogP contribution is 2.31. The number of pyridine rings is 1. The molecule has 0 amide bonds. The van der Waals surface area contributed by atoms with Crippen molar-refractivity contribution in [2.24, 2.45) is 0 Å². The maximum Gasteiger partial charge on any atom is 0.147 e. The van der Waals surface area contributed by atoms with Crippen molar-refractivity contribution in [3.05, 3.63) is 59.4 Å². The highest BCUT2D eigenvalue weighted by atomic mass is 35.5. The van der Waals surface area contributed by atoms with Gasteiger partial charge in [-0.25, -0.2) is 4.98 Å². The molecule has 2 heterocycles. The summed E-state index contributed by atoms with van der Waals surface area (Å²) in [5, 5.41) is 12.0. The molecule has 4 heteroatoms. The Hall–Kier alpha value is -2.57. The molecule has 1 aliphatic rings. The van der Waals surface area contributed by atoms with Crippen LogP contribution in [0.5, 0.6) is 0 Å². The Kier molecular flexibility index (Phi) is 4.29. The minimum absolute atomic E-state index is 0.251. The van der Waals surface area contributed by atoms with E-state index < -0.39 is 0 Å². The molecule has 0 bridgehead atoms. The van der Waals surface area contributed by atoms with Gasteiger partial charge in [0.05, 0.1) is 5.56 Å². The zero-order valence-electron chi connectivity index (χ0n) is 13.9. The number of halogens is 1. The van der Waals surface area contributed by atoms with Crippen molar-refractivity contribution in [1.82, 2.24) is 4.98 Å². The van der Waals surface area contributed by atoms with Gasteiger partial charge in [0.1, 0.15) is 11.2 Å². The first-order valence-corrected chi connectivity index (χ1v) is 8.98. The standard InChI is InChI=1S/C21H18ClN3/c22-21-20(14-23)19(8-9-24-21)17-5-4-16-13-18(7-6-15(16)12-17)25-10-2-1-3-11-25/h4-9,12-13H,1-3,10-11H2. The van der Waals surface area contributed by atoms with Crippen molar-refractivity contribution in [1.29, 1.82) is 5.26 Å². The van der Waals surface area contributed by atoms with E-state index in [1.54, 1.807) is 6.20 Å². The first-order valence-electron chi connectivity index (χ1n) is 8.60. The van der Waals surface area contributed by atoms with Gasteiger partial charge in [0, 0.05) is 30.5 Å². The Morgan fingerprint density at radius 1 is 0.960 bits per heavy atom. The predicted octanol–water partition coefficient (Wildman–Crippen LogP) is 5.42. The molecule has 3 aromatic rings. The Balaban J connectivity index is 1.74. The number of aromatic nitrogens is 1. The molecule has 0 radical (unpaired) electrons. The van der Waals surface area contributed by atoms with E-state index in [1.807, 2.05) is 6.07 Å². The van der Waals surface area contributed by atoms with Crippen LogP contribution in [-0.4, -0.2) is 18.1 Å². The molecule has 2 aromatic carbocycles. The SMILES string of the molecule is N#Cc1c(-c2ccc3cc(N4CCCCC4)ccc3c2)ccnc1Cl. The minimum Gasteiger partial charge on any atom is -0.372 e. The quantitative estimate of drug-likeness (QED) is 0.581. The number of hydrogen-bond acceptors (Lipinski definition) is 3. The van der Waals surface area contributed by atoms with Gasteiger partial charge in [0.25, 0.3) is 0 Å². The van der Waals surface area contributed by atoms with Gasteiger partial charge in [-0.05, 0) is 59.9 Å². The van der Waals surface area contributed by atoms with Crippen LogP contribution in [0.25, 0.3) is 21.9 Å². The first-order chi connectivity index (χ1) is 12.3. The molecule has 0 N–H and O–H groups in total. The van der Waals surface area contributed by atoms with Gasteiger partial charge in [-0.1, -0.05) is 29.8 Å². The van der Waals surface area contributed by atoms with Crippen LogP contribution in [-0.2, 0) is 0 Å². The van der Waals surface area contributed by atoms with Crippen LogP contribution in [0, 0.1) is 11.3 Å². The monoisotopic (exact) mass is 347 g/mol. The molecule has 124 valence electrons. The summed E-state index contributed by atoms with van der Waals surface area (Å²) in [6, 6.07) is 16.9. The van der Waals surface area contributed by atoms with E-state index in [4.69, 9.17) is 11.6 Å². The summed E-state index contributed by atoms with van der Waals surface area (Å²) in [4.78, 5) is 6.46. The van der Waals surface area contributed by atoms with Gasteiger partial charge >= 0.3 is 0 Å². The van der Waals surface area contributed by atoms with Gasteiger partial charge in [0.2, 0.25) is 0 Å². The lowest BCUT2D eigenvalue weighted by Gasteiger charge is -2.29. The minimum atomic E-state index is 0.251. The van der Waals surface area contributed by atoms with E-state index in [1.165, 1.54) is 30.3 Å². The van der Waals surface area contributed by atoms with E-state index in [0.29, 0.717) is 5.56 Å². The predicted molar refractivity (Wildman–Crippen MR) is 103 cm³/mol. The summed E-state index contributed by atoms with van der Waals surface area (Å²) in [5.41, 5.74) is 3.53. The van der Waals surface area contributed by atoms with Gasteiger partial charge in [0.15, 0.2) is 0 Å². The summed E-state index contributed by atoms with van der Waals surface area (Å²) in [7, 11) is 0. The van der Waals surface area contributed by atoms with Crippen molar-refractivity contribution in [2.75, 3.05) is 18.0 Å². The maximum atomic E-state index is 9.37. The van der Waals surface area contributed by atoms with Crippen molar-refractivity contribution in [3.8, 4) is 17.2 Å². The van der Waals surface area contributed by atoms with Crippen LogP contribution in [0.15, 0.2) is 48.7 Å². The van der Waals surface area contributed by atoms with Crippen LogP contribution in [0.4, 0.5) is 5.69 Å². The molecule has 1 fully saturated rings. The third kappa shape index (κ3) is 3.06. The molecule has 25 heavy (non-hydrogen) atoms. The number of nitriles is 1. The van der Waals surface area contributed by atoms with Gasteiger partial charge in [-0.2, -0.15) is 5.26 Å². The summed E-state index contributed by atoms with van der Waals surface area (Å²) >= 11 is 6.07. The Morgan fingerprint density at radius 2 is 1.72 bits per heavy atom. The average molecular weight is 348 g/mol. The highest BCUT2D eigenvalue weighted by molar-refractivity contribution is 6.31. The number of benzene rings is 2. The van der Waals surface area contributed by atoms with E-state index in [-0.39, 0.29) is 5.15 Å². The van der Waals surface area contributed by atoms with Gasteiger partial charge in [-0.3, -0.25) is 0 Å². The molecule has 1 saturated heterocycles. The zero-order chi connectivity index (χ0) is 17.2. The Labute approximate surface area is 152 Å². The van der Waals surface area contributed by atoms with Crippen LogP contribution < -0.4 is 4.90 Å². The molecular formula is C21H18ClN3. The lowest BCUT2D eigenvalue weighted by Crippen LogP contribution is -2.29. The van der Waals surface area contributed by atoms with Crippen LogP contribution in [0.1, 0.15) is 24.8 Å². The highest BCUT2D eigenvalue weighted by Gasteiger charge is 2.13. The Bertz CT molecular complexity index is 969. The molecule has 0 unspecified atom stereocenters. The molecule has 0 spiro atoms. The van der Waals surface area contributed by atoms with Gasteiger partial charge in [-0.15, -0.1) is 0 Å². The van der Waals surface area contributed by atoms with E-state index >= 15 is 0 Å². The summed E-state index contributed by atoms with van der Waals surface area (Å²) in [6.07, 6.45) is 5.53. The second kappa shape index (κ2) is 6.74. The summed E-state index contributed by atoms with van der Waals surface area (Å²) < 4.78 is 0. The van der Waals surface area contributed by atoms with E-state index in [9.17, 15) is 5.26 Å². The van der Waals surface area contributed by atoms with Crippen LogP contribution in [0.2, 0.25) is 5.15 Å². The largest absolute Gasteiger partial charge is 0.372 e. The van der Waals surface area contributed by atoms with Crippen molar-refractivity contribution < 1.29 is 0 Å². The van der Waals surface area contributed by atoms with Gasteiger partial charge < -0.3 is 4.90 Å².